The van der Waals surface area contributed by atoms with Crippen molar-refractivity contribution < 1.29 is 31.5 Å². The Hall–Kier alpha value is -2.32. The molecule has 0 heterocycles. The van der Waals surface area contributed by atoms with Crippen LogP contribution in [-0.4, -0.2) is 38.4 Å². The maximum absolute atomic E-state index is 13.8. The first-order valence-corrected chi connectivity index (χ1v) is 17.3. The van der Waals surface area contributed by atoms with Crippen molar-refractivity contribution in [1.82, 2.24) is 0 Å². The Kier molecular flexibility index (Phi) is 7.31. The van der Waals surface area contributed by atoms with E-state index < -0.39 is 52.1 Å². The number of carbonyl (C=O) groups excluding carboxylic acids is 1. The number of sulfone groups is 1. The number of hydrogen-bond acceptors (Lipinski definition) is 4. The molecule has 0 aromatic heterocycles. The lowest BCUT2D eigenvalue weighted by atomic mass is 9.78. The van der Waals surface area contributed by atoms with Crippen LogP contribution in [0.1, 0.15) is 36.0 Å². The van der Waals surface area contributed by atoms with Gasteiger partial charge in [0.25, 0.3) is 5.91 Å². The van der Waals surface area contributed by atoms with E-state index in [4.69, 9.17) is 11.6 Å². The molecule has 0 radical (unpaired) electrons. The summed E-state index contributed by atoms with van der Waals surface area (Å²) in [5, 5.41) is 12.5. The molecule has 0 saturated heterocycles. The zero-order chi connectivity index (χ0) is 27.3. The van der Waals surface area contributed by atoms with E-state index in [-0.39, 0.29) is 45.8 Å². The molecule has 0 aliphatic heterocycles. The van der Waals surface area contributed by atoms with E-state index in [9.17, 15) is 31.5 Å². The van der Waals surface area contributed by atoms with Crippen LogP contribution in [0.25, 0.3) is 0 Å². The van der Waals surface area contributed by atoms with Gasteiger partial charge in [-0.1, -0.05) is 37.2 Å². The molecule has 4 rings (SSSR count). The Morgan fingerprint density at radius 1 is 1.08 bits per heavy atom. The molecule has 3 unspecified atom stereocenters. The van der Waals surface area contributed by atoms with Crippen LogP contribution in [0.2, 0.25) is 24.7 Å². The van der Waals surface area contributed by atoms with Gasteiger partial charge in [-0.3, -0.25) is 4.79 Å². The second-order valence-electron chi connectivity index (χ2n) is 10.9. The van der Waals surface area contributed by atoms with Gasteiger partial charge in [0.2, 0.25) is 0 Å². The molecule has 2 aliphatic rings. The van der Waals surface area contributed by atoms with Crippen LogP contribution in [0.3, 0.4) is 0 Å². The summed E-state index contributed by atoms with van der Waals surface area (Å²) in [6.45, 7) is 6.22. The number of nitrogens with one attached hydrogen (secondary N) is 1. The van der Waals surface area contributed by atoms with E-state index in [2.05, 4.69) is 36.4 Å². The quantitative estimate of drug-likeness (QED) is 0.286. The Morgan fingerprint density at radius 3 is 2.19 bits per heavy atom. The van der Waals surface area contributed by atoms with Crippen molar-refractivity contribution in [2.24, 2.45) is 11.8 Å². The van der Waals surface area contributed by atoms with Gasteiger partial charge in [-0.25, -0.2) is 21.6 Å². The van der Waals surface area contributed by atoms with Crippen molar-refractivity contribution in [3.63, 3.8) is 0 Å². The highest BCUT2D eigenvalue weighted by Gasteiger charge is 2.54. The van der Waals surface area contributed by atoms with E-state index in [0.29, 0.717) is 25.0 Å². The highest BCUT2D eigenvalue weighted by molar-refractivity contribution is 7.92. The van der Waals surface area contributed by atoms with Crippen LogP contribution in [0, 0.1) is 40.8 Å². The van der Waals surface area contributed by atoms with Crippen molar-refractivity contribution >= 4 is 41.1 Å². The van der Waals surface area contributed by atoms with Crippen molar-refractivity contribution in [3.8, 4) is 11.5 Å². The molecule has 2 N–H and O–H groups in total. The first-order valence-electron chi connectivity index (χ1n) is 11.9. The molecule has 0 spiro atoms. The fourth-order valence-electron chi connectivity index (χ4n) is 5.28. The number of hydrogen-bond donors (Lipinski definition) is 2. The van der Waals surface area contributed by atoms with Crippen molar-refractivity contribution in [2.75, 3.05) is 5.32 Å². The molecule has 5 nitrogen and oxygen atoms in total. The third-order valence-electron chi connectivity index (χ3n) is 6.81. The van der Waals surface area contributed by atoms with Crippen LogP contribution in [0.4, 0.5) is 18.9 Å². The molecule has 2 fully saturated rings. The summed E-state index contributed by atoms with van der Waals surface area (Å²) in [6.07, 6.45) is 1.74. The van der Waals surface area contributed by atoms with Gasteiger partial charge in [-0.2, -0.15) is 0 Å². The minimum Gasteiger partial charge on any atom is -0.378 e. The summed E-state index contributed by atoms with van der Waals surface area (Å²) in [4.78, 5) is 12.5. The predicted molar refractivity (Wildman–Crippen MR) is 138 cm³/mol. The number of halogens is 4. The lowest BCUT2D eigenvalue weighted by Crippen LogP contribution is -2.45. The van der Waals surface area contributed by atoms with Crippen LogP contribution >= 0.6 is 11.6 Å². The van der Waals surface area contributed by atoms with Crippen molar-refractivity contribution in [1.29, 1.82) is 0 Å². The summed E-state index contributed by atoms with van der Waals surface area (Å²) >= 11 is 6.28. The first-order chi connectivity index (χ1) is 17.1. The average Bonchev–Trinajstić information content (AvgIpc) is 3.09. The third-order valence-corrected chi connectivity index (χ3v) is 10.6. The van der Waals surface area contributed by atoms with Gasteiger partial charge < -0.3 is 10.4 Å². The molecular formula is C26H27ClF3NO4SSi. The average molecular weight is 570 g/mol. The molecule has 11 heteroatoms. The van der Waals surface area contributed by atoms with E-state index >= 15 is 0 Å². The number of amides is 1. The Labute approximate surface area is 220 Å². The fraction of sp³-hybridized carbons (Fsp3) is 0.423. The van der Waals surface area contributed by atoms with Gasteiger partial charge in [0.1, 0.15) is 13.7 Å². The maximum atomic E-state index is 13.8. The number of benzene rings is 2. The van der Waals surface area contributed by atoms with Crippen LogP contribution in [-0.2, 0) is 9.84 Å². The van der Waals surface area contributed by atoms with Crippen molar-refractivity contribution in [3.05, 3.63) is 58.4 Å². The zero-order valence-electron chi connectivity index (χ0n) is 20.5. The number of fused-ring (bicyclic) bond motifs is 2. The normalized spacial score (nSPS) is 25.4. The lowest BCUT2D eigenvalue weighted by molar-refractivity contribution is 0.0341. The minimum atomic E-state index is -4.00. The fourth-order valence-corrected chi connectivity index (χ4v) is 8.73. The number of aliphatic hydroxyl groups is 1. The van der Waals surface area contributed by atoms with Gasteiger partial charge >= 0.3 is 0 Å². The lowest BCUT2D eigenvalue weighted by Gasteiger charge is -2.38. The molecule has 2 aromatic carbocycles. The van der Waals surface area contributed by atoms with Gasteiger partial charge in [0.15, 0.2) is 27.3 Å². The largest absolute Gasteiger partial charge is 0.378 e. The minimum absolute atomic E-state index is 0.0609. The summed E-state index contributed by atoms with van der Waals surface area (Å²) < 4.78 is 67.9. The summed E-state index contributed by atoms with van der Waals surface area (Å²) in [5.74, 6) is -3.06. The molecule has 2 saturated carbocycles. The molecule has 2 aromatic rings. The monoisotopic (exact) mass is 569 g/mol. The Morgan fingerprint density at radius 2 is 1.65 bits per heavy atom. The van der Waals surface area contributed by atoms with Crippen LogP contribution in [0.5, 0.6) is 0 Å². The molecule has 198 valence electrons. The van der Waals surface area contributed by atoms with Gasteiger partial charge in [-0.05, 0) is 55.7 Å². The van der Waals surface area contributed by atoms with E-state index in [1.54, 1.807) is 0 Å². The molecule has 4 atom stereocenters. The third kappa shape index (κ3) is 5.75. The Bertz CT molecular complexity index is 1390. The SMILES string of the molecule is C[Si](C)(C)C#CC1(O)CC2CC[C@@H](C1)C2S(=O)(=O)c1cc(C(=O)Nc2cc(F)c(F)c(F)c2)ccc1Cl. The molecule has 1 amide bonds. The summed E-state index contributed by atoms with van der Waals surface area (Å²) in [6, 6.07) is 4.93. The summed E-state index contributed by atoms with van der Waals surface area (Å²) in [7, 11) is -5.74. The van der Waals surface area contributed by atoms with E-state index in [1.165, 1.54) is 12.1 Å². The smallest absolute Gasteiger partial charge is 0.255 e. The summed E-state index contributed by atoms with van der Waals surface area (Å²) in [5.41, 5.74) is 1.54. The second kappa shape index (κ2) is 9.77. The van der Waals surface area contributed by atoms with Gasteiger partial charge in [-0.15, -0.1) is 5.54 Å². The second-order valence-corrected chi connectivity index (χ2v) is 18.1. The predicted octanol–water partition coefficient (Wildman–Crippen LogP) is 5.58. The van der Waals surface area contributed by atoms with Crippen LogP contribution < -0.4 is 5.32 Å². The van der Waals surface area contributed by atoms with Crippen molar-refractivity contribution in [2.45, 2.75) is 61.1 Å². The zero-order valence-corrected chi connectivity index (χ0v) is 23.1. The number of carbonyl (C=O) groups is 1. The number of anilines is 1. The van der Waals surface area contributed by atoms with Gasteiger partial charge in [0.05, 0.1) is 15.2 Å². The number of rotatable bonds is 4. The van der Waals surface area contributed by atoms with E-state index in [1.807, 2.05) is 0 Å². The molecule has 2 aliphatic carbocycles. The standard InChI is InChI=1S/C26H27ClF3NO4SSi/c1-37(2,3)9-8-26(33)13-16-4-5-17(14-26)24(16)36(34,35)22-10-15(6-7-19(22)27)25(32)31-18-11-20(28)23(30)21(29)12-18/h6-7,10-12,16-17,24,33H,4-5,13-14H2,1-3H3,(H,31,32)/t16-,17?,24?,26?/m0/s1. The molecular weight excluding hydrogens is 543 g/mol. The topological polar surface area (TPSA) is 83.5 Å². The van der Waals surface area contributed by atoms with Gasteiger partial charge in [0, 0.05) is 23.4 Å². The maximum Gasteiger partial charge on any atom is 0.255 e. The highest BCUT2D eigenvalue weighted by Crippen LogP contribution is 2.51. The molecule has 2 bridgehead atoms. The molecule has 37 heavy (non-hydrogen) atoms. The Balaban J connectivity index is 1.61. The van der Waals surface area contributed by atoms with Crippen LogP contribution in [0.15, 0.2) is 35.2 Å². The highest BCUT2D eigenvalue weighted by atomic mass is 35.5. The first kappa shape index (κ1) is 27.7. The van der Waals surface area contributed by atoms with E-state index in [0.717, 1.165) is 6.07 Å².